The van der Waals surface area contributed by atoms with Gasteiger partial charge in [-0.05, 0) is 12.5 Å². The normalized spacial score (nSPS) is 13.5. The average molecular weight is 334 g/mol. The summed E-state index contributed by atoms with van der Waals surface area (Å²) in [6.45, 7) is 4.75. The lowest BCUT2D eigenvalue weighted by atomic mass is 10.3. The molecule has 1 atom stereocenters. The molecule has 0 saturated heterocycles. The zero-order valence-corrected chi connectivity index (χ0v) is 14.5. The molecule has 0 rings (SSSR count). The Balaban J connectivity index is 4.05. The molecule has 0 aliphatic heterocycles. The minimum Gasteiger partial charge on any atom is -0.497 e. The smallest absolute Gasteiger partial charge is 0.303 e. The van der Waals surface area contributed by atoms with Crippen molar-refractivity contribution in [1.82, 2.24) is 0 Å². The Bertz CT molecular complexity index is 498. The topological polar surface area (TPSA) is 61.8 Å². The lowest BCUT2D eigenvalue weighted by molar-refractivity contribution is -0.158. The van der Waals surface area contributed by atoms with Crippen LogP contribution >= 0.6 is 0 Å². The molecule has 0 unspecified atom stereocenters. The third-order valence-electron chi connectivity index (χ3n) is 2.41. The quantitative estimate of drug-likeness (QED) is 0.328. The van der Waals surface area contributed by atoms with Crippen molar-refractivity contribution in [2.75, 3.05) is 13.2 Å². The molecule has 0 saturated carbocycles. The molecule has 0 aromatic heterocycles. The van der Waals surface area contributed by atoms with Gasteiger partial charge in [0.2, 0.25) is 0 Å². The predicted molar refractivity (Wildman–Crippen MR) is 94.1 cm³/mol. The highest BCUT2D eigenvalue weighted by atomic mass is 16.6. The second-order valence-electron chi connectivity index (χ2n) is 4.69. The van der Waals surface area contributed by atoms with E-state index in [0.717, 1.165) is 6.42 Å². The first-order valence-electron chi connectivity index (χ1n) is 7.80. The Morgan fingerprint density at radius 2 is 1.42 bits per heavy atom. The van der Waals surface area contributed by atoms with Gasteiger partial charge in [-0.15, -0.1) is 0 Å². The van der Waals surface area contributed by atoms with Crippen molar-refractivity contribution in [2.24, 2.45) is 0 Å². The fourth-order valence-corrected chi connectivity index (χ4v) is 1.42. The molecule has 0 aromatic carbocycles. The summed E-state index contributed by atoms with van der Waals surface area (Å²) < 4.78 is 15.0. The Labute approximate surface area is 144 Å². The van der Waals surface area contributed by atoms with Crippen LogP contribution in [0.3, 0.4) is 0 Å². The van der Waals surface area contributed by atoms with Crippen LogP contribution in [0.4, 0.5) is 0 Å². The van der Waals surface area contributed by atoms with E-state index in [1.807, 2.05) is 36.5 Å². The van der Waals surface area contributed by atoms with Crippen LogP contribution in [-0.4, -0.2) is 31.3 Å². The molecule has 0 amide bonds. The van der Waals surface area contributed by atoms with E-state index in [0.29, 0.717) is 0 Å². The van der Waals surface area contributed by atoms with Crippen LogP contribution in [-0.2, 0) is 23.8 Å². The van der Waals surface area contributed by atoms with E-state index >= 15 is 0 Å². The standard InChI is InChI=1S/C19H26O5/c1-4-5-6-7-8-9-10-11-12-13-14-22-15-19(24-18(3)21)16-23-17(2)20/h5-14,19H,4,15-16H2,1-3H3/b6-5-,8-7-,10-9-,12-11-,14-13-/t19-/m0/s1. The summed E-state index contributed by atoms with van der Waals surface area (Å²) in [5.74, 6) is -0.886. The highest BCUT2D eigenvalue weighted by molar-refractivity contribution is 5.67. The van der Waals surface area contributed by atoms with E-state index < -0.39 is 18.0 Å². The zero-order chi connectivity index (χ0) is 18.0. The Morgan fingerprint density at radius 1 is 0.833 bits per heavy atom. The number of hydrogen-bond donors (Lipinski definition) is 0. The van der Waals surface area contributed by atoms with E-state index in [9.17, 15) is 9.59 Å². The van der Waals surface area contributed by atoms with Crippen molar-refractivity contribution in [1.29, 1.82) is 0 Å². The number of allylic oxidation sites excluding steroid dienone is 9. The molecule has 5 heteroatoms. The highest BCUT2D eigenvalue weighted by Crippen LogP contribution is 1.97. The molecule has 0 spiro atoms. The third-order valence-corrected chi connectivity index (χ3v) is 2.41. The van der Waals surface area contributed by atoms with Gasteiger partial charge < -0.3 is 14.2 Å². The van der Waals surface area contributed by atoms with Gasteiger partial charge in [0.05, 0.1) is 6.26 Å². The van der Waals surface area contributed by atoms with Crippen molar-refractivity contribution in [3.8, 4) is 0 Å². The molecule has 0 fully saturated rings. The van der Waals surface area contributed by atoms with Crippen LogP contribution in [0.5, 0.6) is 0 Å². The fraction of sp³-hybridized carbons (Fsp3) is 0.368. The molecule has 0 aromatic rings. The molecule has 24 heavy (non-hydrogen) atoms. The summed E-state index contributed by atoms with van der Waals surface area (Å²) in [6.07, 6.45) is 19.0. The monoisotopic (exact) mass is 334 g/mol. The van der Waals surface area contributed by atoms with Gasteiger partial charge in [0.25, 0.3) is 0 Å². The number of carbonyl (C=O) groups excluding carboxylic acids is 2. The third kappa shape index (κ3) is 15.8. The van der Waals surface area contributed by atoms with Gasteiger partial charge >= 0.3 is 11.9 Å². The van der Waals surface area contributed by atoms with Crippen molar-refractivity contribution >= 4 is 11.9 Å². The lowest BCUT2D eigenvalue weighted by Gasteiger charge is -2.15. The maximum absolute atomic E-state index is 11.0. The molecule has 132 valence electrons. The largest absolute Gasteiger partial charge is 0.497 e. The van der Waals surface area contributed by atoms with Crippen LogP contribution in [0.15, 0.2) is 60.9 Å². The summed E-state index contributed by atoms with van der Waals surface area (Å²) in [5, 5.41) is 0. The van der Waals surface area contributed by atoms with Crippen LogP contribution < -0.4 is 0 Å². The summed E-state index contributed by atoms with van der Waals surface area (Å²) in [4.78, 5) is 21.7. The SMILES string of the molecule is CC\C=C/C=C\C=C/C=C\C=C/OC[C@@H](COC(C)=O)OC(C)=O. The van der Waals surface area contributed by atoms with Crippen molar-refractivity contribution < 1.29 is 23.8 Å². The molecule has 0 radical (unpaired) electrons. The lowest BCUT2D eigenvalue weighted by Crippen LogP contribution is -2.27. The molecule has 0 N–H and O–H groups in total. The number of ether oxygens (including phenoxy) is 3. The number of esters is 2. The second-order valence-corrected chi connectivity index (χ2v) is 4.69. The predicted octanol–water partition coefficient (Wildman–Crippen LogP) is 3.65. The molecule has 0 aliphatic carbocycles. The van der Waals surface area contributed by atoms with Gasteiger partial charge in [0, 0.05) is 13.8 Å². The maximum Gasteiger partial charge on any atom is 0.303 e. The number of carbonyl (C=O) groups is 2. The van der Waals surface area contributed by atoms with Crippen molar-refractivity contribution in [2.45, 2.75) is 33.3 Å². The average Bonchev–Trinajstić information content (AvgIpc) is 2.52. The van der Waals surface area contributed by atoms with Crippen molar-refractivity contribution in [3.05, 3.63) is 60.9 Å². The first kappa shape index (κ1) is 21.4. The van der Waals surface area contributed by atoms with Gasteiger partial charge in [0.15, 0.2) is 6.10 Å². The van der Waals surface area contributed by atoms with Gasteiger partial charge in [-0.3, -0.25) is 9.59 Å². The molecular weight excluding hydrogens is 308 g/mol. The van der Waals surface area contributed by atoms with Gasteiger partial charge in [-0.1, -0.05) is 55.5 Å². The van der Waals surface area contributed by atoms with E-state index in [1.54, 1.807) is 12.2 Å². The summed E-state index contributed by atoms with van der Waals surface area (Å²) in [5.41, 5.74) is 0. The molecule has 0 heterocycles. The van der Waals surface area contributed by atoms with Crippen LogP contribution in [0.1, 0.15) is 27.2 Å². The maximum atomic E-state index is 11.0. The van der Waals surface area contributed by atoms with E-state index in [2.05, 4.69) is 13.0 Å². The first-order chi connectivity index (χ1) is 11.6. The van der Waals surface area contributed by atoms with Crippen molar-refractivity contribution in [3.63, 3.8) is 0 Å². The first-order valence-corrected chi connectivity index (χ1v) is 7.80. The number of rotatable bonds is 11. The van der Waals surface area contributed by atoms with Crippen LogP contribution in [0, 0.1) is 0 Å². The summed E-state index contributed by atoms with van der Waals surface area (Å²) in [7, 11) is 0. The van der Waals surface area contributed by atoms with E-state index in [1.165, 1.54) is 20.1 Å². The molecular formula is C19H26O5. The minimum atomic E-state index is -0.624. The highest BCUT2D eigenvalue weighted by Gasteiger charge is 2.13. The van der Waals surface area contributed by atoms with Gasteiger partial charge in [-0.2, -0.15) is 0 Å². The van der Waals surface area contributed by atoms with E-state index in [-0.39, 0.29) is 13.2 Å². The molecule has 5 nitrogen and oxygen atoms in total. The van der Waals surface area contributed by atoms with Gasteiger partial charge in [-0.25, -0.2) is 0 Å². The summed E-state index contributed by atoms with van der Waals surface area (Å²) >= 11 is 0. The van der Waals surface area contributed by atoms with Gasteiger partial charge in [0.1, 0.15) is 13.2 Å². The summed E-state index contributed by atoms with van der Waals surface area (Å²) in [6, 6.07) is 0. The Kier molecular flexibility index (Phi) is 13.7. The molecule has 0 bridgehead atoms. The van der Waals surface area contributed by atoms with Crippen LogP contribution in [0.2, 0.25) is 0 Å². The number of hydrogen-bond acceptors (Lipinski definition) is 5. The fourth-order valence-electron chi connectivity index (χ4n) is 1.42. The van der Waals surface area contributed by atoms with E-state index in [4.69, 9.17) is 14.2 Å². The van der Waals surface area contributed by atoms with Crippen LogP contribution in [0.25, 0.3) is 0 Å². The Hall–Kier alpha value is -2.56. The minimum absolute atomic E-state index is 0.0276. The Morgan fingerprint density at radius 3 is 1.96 bits per heavy atom. The zero-order valence-electron chi connectivity index (χ0n) is 14.5. The molecule has 0 aliphatic rings. The second kappa shape index (κ2) is 15.3.